The van der Waals surface area contributed by atoms with Gasteiger partial charge in [0.2, 0.25) is 11.8 Å². The van der Waals surface area contributed by atoms with Crippen LogP contribution in [0.1, 0.15) is 26.7 Å². The lowest BCUT2D eigenvalue weighted by Crippen LogP contribution is -2.51. The molecule has 120 valence electrons. The summed E-state index contributed by atoms with van der Waals surface area (Å²) in [5.74, 6) is 6.28. The Balaban J connectivity index is 1.81. The Kier molecular flexibility index (Phi) is 5.89. The first-order valence-corrected chi connectivity index (χ1v) is 8.71. The Labute approximate surface area is 130 Å². The molecule has 2 aliphatic heterocycles. The van der Waals surface area contributed by atoms with Gasteiger partial charge in [-0.25, -0.2) is 5.84 Å². The first-order valence-electron chi connectivity index (χ1n) is 7.66. The van der Waals surface area contributed by atoms with Gasteiger partial charge in [0.1, 0.15) is 0 Å². The number of rotatable bonds is 3. The highest BCUT2D eigenvalue weighted by Crippen LogP contribution is 2.24. The molecule has 0 aromatic rings. The van der Waals surface area contributed by atoms with Gasteiger partial charge in [-0.2, -0.15) is 11.8 Å². The van der Waals surface area contributed by atoms with Crippen molar-refractivity contribution >= 4 is 23.6 Å². The molecule has 3 N–H and O–H groups in total. The summed E-state index contributed by atoms with van der Waals surface area (Å²) >= 11 is 1.98. The molecule has 2 unspecified atom stereocenters. The summed E-state index contributed by atoms with van der Waals surface area (Å²) < 4.78 is 0. The molecule has 0 aromatic carbocycles. The van der Waals surface area contributed by atoms with Gasteiger partial charge < -0.3 is 4.90 Å². The Morgan fingerprint density at radius 3 is 2.52 bits per heavy atom. The van der Waals surface area contributed by atoms with Crippen molar-refractivity contribution in [2.75, 3.05) is 31.9 Å². The van der Waals surface area contributed by atoms with Crippen LogP contribution in [0.4, 0.5) is 0 Å². The zero-order valence-corrected chi connectivity index (χ0v) is 13.7. The van der Waals surface area contributed by atoms with E-state index >= 15 is 0 Å². The number of piperidine rings is 1. The van der Waals surface area contributed by atoms with E-state index in [1.54, 1.807) is 0 Å². The average Bonchev–Trinajstić information content (AvgIpc) is 2.51. The molecule has 0 aliphatic carbocycles. The molecule has 2 rings (SSSR count). The predicted molar refractivity (Wildman–Crippen MR) is 84.6 cm³/mol. The number of nitrogens with two attached hydrogens (primary N) is 1. The van der Waals surface area contributed by atoms with Crippen LogP contribution >= 0.6 is 11.8 Å². The molecule has 0 radical (unpaired) electrons. The predicted octanol–water partition coefficient (Wildman–Crippen LogP) is 0.0407. The van der Waals surface area contributed by atoms with Crippen LogP contribution in [0.25, 0.3) is 0 Å². The number of hydrogen-bond donors (Lipinski definition) is 2. The smallest absolute Gasteiger partial charge is 0.237 e. The van der Waals surface area contributed by atoms with Crippen LogP contribution in [0, 0.1) is 5.92 Å². The number of likely N-dealkylation sites (tertiary alicyclic amines) is 1. The highest BCUT2D eigenvalue weighted by Gasteiger charge is 2.30. The summed E-state index contributed by atoms with van der Waals surface area (Å²) in [5, 5.41) is 0.575. The zero-order chi connectivity index (χ0) is 15.4. The van der Waals surface area contributed by atoms with Crippen molar-refractivity contribution < 1.29 is 9.59 Å². The van der Waals surface area contributed by atoms with Crippen LogP contribution < -0.4 is 11.3 Å². The van der Waals surface area contributed by atoms with Gasteiger partial charge in [0.15, 0.2) is 0 Å². The number of hydrazine groups is 1. The third-order valence-electron chi connectivity index (χ3n) is 4.71. The molecule has 21 heavy (non-hydrogen) atoms. The molecule has 2 atom stereocenters. The van der Waals surface area contributed by atoms with Crippen LogP contribution in [-0.2, 0) is 9.59 Å². The molecule has 0 spiro atoms. The number of carbonyl (C=O) groups is 2. The Morgan fingerprint density at radius 1 is 1.24 bits per heavy atom. The van der Waals surface area contributed by atoms with Crippen molar-refractivity contribution in [3.63, 3.8) is 0 Å². The molecule has 2 fully saturated rings. The minimum absolute atomic E-state index is 0.0515. The largest absolute Gasteiger partial charge is 0.342 e. The van der Waals surface area contributed by atoms with E-state index in [4.69, 9.17) is 5.84 Å². The minimum atomic E-state index is -0.113. The second-order valence-corrected chi connectivity index (χ2v) is 7.44. The second kappa shape index (κ2) is 7.47. The fourth-order valence-corrected chi connectivity index (χ4v) is 4.16. The molecular weight excluding hydrogens is 288 g/mol. The summed E-state index contributed by atoms with van der Waals surface area (Å²) in [6.07, 6.45) is 1.41. The molecule has 0 bridgehead atoms. The van der Waals surface area contributed by atoms with Crippen molar-refractivity contribution in [1.29, 1.82) is 0 Å². The van der Waals surface area contributed by atoms with Crippen LogP contribution in [0.5, 0.6) is 0 Å². The summed E-state index contributed by atoms with van der Waals surface area (Å²) in [7, 11) is 0. The number of carbonyl (C=O) groups excluding carboxylic acids is 2. The molecule has 2 heterocycles. The van der Waals surface area contributed by atoms with Gasteiger partial charge in [0, 0.05) is 42.6 Å². The monoisotopic (exact) mass is 314 g/mol. The maximum atomic E-state index is 12.4. The van der Waals surface area contributed by atoms with Gasteiger partial charge in [-0.15, -0.1) is 0 Å². The lowest BCUT2D eigenvalue weighted by molar-refractivity contribution is -0.137. The van der Waals surface area contributed by atoms with E-state index in [-0.39, 0.29) is 17.7 Å². The van der Waals surface area contributed by atoms with Gasteiger partial charge in [0.25, 0.3) is 0 Å². The second-order valence-electron chi connectivity index (χ2n) is 5.95. The Hall–Kier alpha value is -0.790. The van der Waals surface area contributed by atoms with Gasteiger partial charge in [-0.05, 0) is 19.8 Å². The van der Waals surface area contributed by atoms with E-state index in [0.29, 0.717) is 43.8 Å². The van der Waals surface area contributed by atoms with E-state index in [1.165, 1.54) is 0 Å². The van der Waals surface area contributed by atoms with Gasteiger partial charge in [0.05, 0.1) is 6.54 Å². The fraction of sp³-hybridized carbons (Fsp3) is 0.857. The maximum Gasteiger partial charge on any atom is 0.237 e. The summed E-state index contributed by atoms with van der Waals surface area (Å²) in [5.41, 5.74) is 2.20. The van der Waals surface area contributed by atoms with Gasteiger partial charge in [-0.1, -0.05) is 6.92 Å². The van der Waals surface area contributed by atoms with Crippen molar-refractivity contribution in [3.8, 4) is 0 Å². The summed E-state index contributed by atoms with van der Waals surface area (Å²) in [4.78, 5) is 28.1. The Morgan fingerprint density at radius 2 is 1.90 bits per heavy atom. The third kappa shape index (κ3) is 4.11. The normalized spacial score (nSPS) is 28.4. The zero-order valence-electron chi connectivity index (χ0n) is 12.9. The molecule has 2 aliphatic rings. The van der Waals surface area contributed by atoms with Crippen molar-refractivity contribution in [2.45, 2.75) is 38.0 Å². The first-order chi connectivity index (χ1) is 10.0. The van der Waals surface area contributed by atoms with Gasteiger partial charge in [-0.3, -0.25) is 19.9 Å². The van der Waals surface area contributed by atoms with Crippen LogP contribution in [0.3, 0.4) is 0 Å². The van der Waals surface area contributed by atoms with Crippen molar-refractivity contribution in [3.05, 3.63) is 0 Å². The quantitative estimate of drug-likeness (QED) is 0.437. The molecule has 2 amide bonds. The van der Waals surface area contributed by atoms with Crippen molar-refractivity contribution in [1.82, 2.24) is 15.2 Å². The van der Waals surface area contributed by atoms with E-state index in [0.717, 1.165) is 12.3 Å². The summed E-state index contributed by atoms with van der Waals surface area (Å²) in [6, 6.07) is 0.438. The van der Waals surface area contributed by atoms with Crippen LogP contribution in [0.2, 0.25) is 0 Å². The van der Waals surface area contributed by atoms with Crippen LogP contribution in [-0.4, -0.2) is 64.8 Å². The van der Waals surface area contributed by atoms with Gasteiger partial charge >= 0.3 is 0 Å². The van der Waals surface area contributed by atoms with Crippen LogP contribution in [0.15, 0.2) is 0 Å². The topological polar surface area (TPSA) is 78.7 Å². The summed E-state index contributed by atoms with van der Waals surface area (Å²) in [6.45, 7) is 7.21. The number of nitrogens with zero attached hydrogens (tertiary/aromatic N) is 2. The van der Waals surface area contributed by atoms with E-state index in [1.807, 2.05) is 16.7 Å². The highest BCUT2D eigenvalue weighted by molar-refractivity contribution is 8.00. The fourth-order valence-electron chi connectivity index (χ4n) is 3.00. The molecule has 6 nitrogen and oxygen atoms in total. The first kappa shape index (κ1) is 16.6. The number of hydrogen-bond acceptors (Lipinski definition) is 5. The number of amides is 2. The molecule has 2 saturated heterocycles. The molecule has 0 aromatic heterocycles. The molecule has 7 heteroatoms. The lowest BCUT2D eigenvalue weighted by Gasteiger charge is -2.39. The SMILES string of the molecule is CC1SCCN(CC(=O)N2CCC(C(=O)NN)CC2)C1C. The number of thioether (sulfide) groups is 1. The molecular formula is C14H26N4O2S. The Bertz CT molecular complexity index is 385. The maximum absolute atomic E-state index is 12.4. The van der Waals surface area contributed by atoms with E-state index in [9.17, 15) is 9.59 Å². The van der Waals surface area contributed by atoms with E-state index < -0.39 is 0 Å². The average molecular weight is 314 g/mol. The minimum Gasteiger partial charge on any atom is -0.342 e. The third-order valence-corrected chi connectivity index (χ3v) is 6.05. The van der Waals surface area contributed by atoms with E-state index in [2.05, 4.69) is 24.2 Å². The van der Waals surface area contributed by atoms with Crippen molar-refractivity contribution in [2.24, 2.45) is 11.8 Å². The standard InChI is InChI=1S/C14H26N4O2S/c1-10-11(2)21-8-7-18(10)9-13(19)17-5-3-12(4-6-17)14(20)16-15/h10-12H,3-9,15H2,1-2H3,(H,16,20). The highest BCUT2D eigenvalue weighted by atomic mass is 32.2. The lowest BCUT2D eigenvalue weighted by atomic mass is 9.96. The number of nitrogens with one attached hydrogen (secondary N) is 1. The molecule has 0 saturated carbocycles.